The van der Waals surface area contributed by atoms with Gasteiger partial charge in [-0.1, -0.05) is 72.7 Å². The first kappa shape index (κ1) is 86.5. The number of carbonyl (C=O) groups excluding carboxylic acids is 6. The molecule has 3 N–H and O–H groups in total. The predicted molar refractivity (Wildman–Crippen MR) is 435 cm³/mol. The number of aryl methyl sites for hydroxylation is 3. The van der Waals surface area contributed by atoms with E-state index in [2.05, 4.69) is 105 Å². The van der Waals surface area contributed by atoms with E-state index in [0.717, 1.165) is 253 Å². The van der Waals surface area contributed by atoms with Crippen molar-refractivity contribution >= 4 is 68.5 Å². The Kier molecular flexibility index (Phi) is 32.6. The van der Waals surface area contributed by atoms with Crippen LogP contribution in [0.5, 0.6) is 0 Å². The van der Waals surface area contributed by atoms with E-state index in [9.17, 15) is 50.7 Å². The van der Waals surface area contributed by atoms with Gasteiger partial charge in [-0.05, 0) is 204 Å². The molecule has 26 heteroatoms. The zero-order valence-electron chi connectivity index (χ0n) is 67.5. The SMILES string of the molecule is CCCN(Cc1nc2cc(CNCCCN3CCCC3=O)ccc2n1CCC)C(=O)c1cc(F)ccc1F.CCCN(Cc1nc2cc(CNCCCN3CCCC3=O)ccc2n1CCC)C(=O)c1cccc(F)c1.CCCn1c(CN(CC(C)C)C(=O)c2cc(F)ccc2F)nc2cc(CNCCCN3CCCC3=O)ccc21. The van der Waals surface area contributed by atoms with Crippen LogP contribution in [0.2, 0.25) is 0 Å². The fourth-order valence-electron chi connectivity index (χ4n) is 15.2. The van der Waals surface area contributed by atoms with Crippen molar-refractivity contribution in [3.8, 4) is 0 Å². The molecule has 3 saturated heterocycles. The van der Waals surface area contributed by atoms with Gasteiger partial charge < -0.3 is 59.1 Å². The summed E-state index contributed by atoms with van der Waals surface area (Å²) in [7, 11) is 0. The molecule has 6 heterocycles. The minimum atomic E-state index is -0.735. The maximum absolute atomic E-state index is 14.5. The Morgan fingerprint density at radius 2 is 0.781 bits per heavy atom. The number of nitrogens with zero attached hydrogens (tertiary/aromatic N) is 12. The van der Waals surface area contributed by atoms with Crippen molar-refractivity contribution in [2.45, 2.75) is 197 Å². The summed E-state index contributed by atoms with van der Waals surface area (Å²) < 4.78 is 76.6. The molecule has 0 radical (unpaired) electrons. The van der Waals surface area contributed by atoms with Crippen LogP contribution >= 0.6 is 0 Å². The molecule has 0 bridgehead atoms. The first-order chi connectivity index (χ1) is 55.2. The van der Waals surface area contributed by atoms with Gasteiger partial charge >= 0.3 is 0 Å². The number of imidazole rings is 3. The van der Waals surface area contributed by atoms with Gasteiger partial charge in [-0.15, -0.1) is 0 Å². The van der Waals surface area contributed by atoms with Crippen molar-refractivity contribution in [2.24, 2.45) is 5.92 Å². The molecule has 0 unspecified atom stereocenters. The molecule has 3 aliphatic heterocycles. The molecule has 3 aliphatic rings. The van der Waals surface area contributed by atoms with Crippen molar-refractivity contribution in [2.75, 3.05) is 78.5 Å². The number of aromatic nitrogens is 6. The van der Waals surface area contributed by atoms with Crippen LogP contribution in [0.15, 0.2) is 115 Å². The van der Waals surface area contributed by atoms with Gasteiger partial charge in [-0.25, -0.2) is 36.9 Å². The van der Waals surface area contributed by atoms with Crippen LogP contribution in [-0.2, 0) is 73.3 Å². The molecule has 612 valence electrons. The molecule has 6 amide bonds. The van der Waals surface area contributed by atoms with E-state index in [1.807, 2.05) is 42.4 Å². The molecular formula is C88H114F5N15O6. The Hall–Kier alpha value is -9.92. The molecule has 21 nitrogen and oxygen atoms in total. The van der Waals surface area contributed by atoms with Crippen LogP contribution in [0, 0.1) is 35.0 Å². The monoisotopic (exact) mass is 1570 g/mol. The molecule has 114 heavy (non-hydrogen) atoms. The van der Waals surface area contributed by atoms with Crippen LogP contribution in [-0.4, -0.2) is 172 Å². The highest BCUT2D eigenvalue weighted by molar-refractivity contribution is 5.96. The van der Waals surface area contributed by atoms with Crippen molar-refractivity contribution in [3.63, 3.8) is 0 Å². The fourth-order valence-corrected chi connectivity index (χ4v) is 15.2. The lowest BCUT2D eigenvalue weighted by atomic mass is 10.1. The van der Waals surface area contributed by atoms with E-state index in [1.54, 1.807) is 26.8 Å². The molecule has 0 atom stereocenters. The number of nitrogens with one attached hydrogen (secondary N) is 3. The molecule has 9 aromatic rings. The van der Waals surface area contributed by atoms with Crippen molar-refractivity contribution in [1.82, 2.24) is 74.0 Å². The third-order valence-electron chi connectivity index (χ3n) is 20.7. The number of likely N-dealkylation sites (tertiary alicyclic amines) is 3. The minimum absolute atomic E-state index is 0.135. The van der Waals surface area contributed by atoms with E-state index in [4.69, 9.17) is 15.0 Å². The third kappa shape index (κ3) is 23.6. The number of amides is 6. The number of rotatable bonds is 39. The zero-order valence-corrected chi connectivity index (χ0v) is 67.5. The number of hydrogen-bond acceptors (Lipinski definition) is 12. The molecule has 0 saturated carbocycles. The first-order valence-corrected chi connectivity index (χ1v) is 41.1. The second-order valence-corrected chi connectivity index (χ2v) is 30.3. The smallest absolute Gasteiger partial charge is 0.257 e. The maximum atomic E-state index is 14.5. The van der Waals surface area contributed by atoms with Crippen molar-refractivity contribution in [3.05, 3.63) is 195 Å². The molecule has 6 aromatic carbocycles. The summed E-state index contributed by atoms with van der Waals surface area (Å²) in [6.07, 6.45) is 11.9. The van der Waals surface area contributed by atoms with E-state index in [0.29, 0.717) is 70.5 Å². The summed E-state index contributed by atoms with van der Waals surface area (Å²) in [4.78, 5) is 100. The van der Waals surface area contributed by atoms with Crippen LogP contribution < -0.4 is 16.0 Å². The minimum Gasteiger partial charge on any atom is -0.343 e. The van der Waals surface area contributed by atoms with Crippen molar-refractivity contribution < 1.29 is 50.7 Å². The molecule has 0 spiro atoms. The van der Waals surface area contributed by atoms with Gasteiger partial charge in [0.1, 0.15) is 46.6 Å². The van der Waals surface area contributed by atoms with E-state index < -0.39 is 40.9 Å². The van der Waals surface area contributed by atoms with Gasteiger partial charge in [0.2, 0.25) is 17.7 Å². The molecule has 0 aliphatic carbocycles. The van der Waals surface area contributed by atoms with Crippen LogP contribution in [0.1, 0.15) is 204 Å². The lowest BCUT2D eigenvalue weighted by molar-refractivity contribution is -0.128. The third-order valence-corrected chi connectivity index (χ3v) is 20.7. The van der Waals surface area contributed by atoms with Crippen molar-refractivity contribution in [1.29, 1.82) is 0 Å². The lowest BCUT2D eigenvalue weighted by Gasteiger charge is -2.25. The van der Waals surface area contributed by atoms with E-state index in [-0.39, 0.29) is 53.8 Å². The van der Waals surface area contributed by atoms with Gasteiger partial charge in [0.05, 0.1) is 63.9 Å². The molecule has 12 rings (SSSR count). The fraction of sp³-hybridized carbons (Fsp3) is 0.489. The van der Waals surface area contributed by atoms with E-state index >= 15 is 0 Å². The molecule has 3 fully saturated rings. The second-order valence-electron chi connectivity index (χ2n) is 30.3. The van der Waals surface area contributed by atoms with Crippen LogP contribution in [0.3, 0.4) is 0 Å². The number of fused-ring (bicyclic) bond motifs is 3. The Balaban J connectivity index is 0.000000181. The highest BCUT2D eigenvalue weighted by Crippen LogP contribution is 2.27. The molecule has 3 aromatic heterocycles. The molecular weight excluding hydrogens is 1460 g/mol. The largest absolute Gasteiger partial charge is 0.343 e. The summed E-state index contributed by atoms with van der Waals surface area (Å²) in [5, 5.41) is 10.4. The summed E-state index contributed by atoms with van der Waals surface area (Å²) in [6, 6.07) is 30.5. The van der Waals surface area contributed by atoms with Gasteiger partial charge in [0, 0.05) is 123 Å². The number of carbonyl (C=O) groups is 6. The number of hydrogen-bond donors (Lipinski definition) is 3. The summed E-state index contributed by atoms with van der Waals surface area (Å²) in [5.41, 5.74) is 8.81. The van der Waals surface area contributed by atoms with Gasteiger partial charge in [-0.3, -0.25) is 28.8 Å². The maximum Gasteiger partial charge on any atom is 0.257 e. The van der Waals surface area contributed by atoms with E-state index in [1.165, 1.54) is 12.1 Å². The van der Waals surface area contributed by atoms with Gasteiger partial charge in [0.25, 0.3) is 17.7 Å². The standard InChI is InChI=1S/C30H39F2N5O2.C29H37F2N5O2.C29H38FN5O2/c1-4-13-37-27-11-8-22(18-33-12-6-15-35-14-5-7-29(35)38)16-26(27)34-28(37)20-36(19-21(2)3)30(39)24-17-23(31)9-10-25(24)32;1-3-13-35(29(38)23-18-22(30)9-10-24(23)31)20-27-33-25-17-21(8-11-26(25)36(27)14-4-2)19-32-12-6-16-34-15-5-7-28(34)37;1-3-14-34(29(37)23-8-5-9-24(30)19-23)21-27-32-25-18-22(11-12-26(25)35(27)15-4-2)20-31-13-7-17-33-16-6-10-28(33)36/h8-11,16-17,21,33H,4-7,12-15,18-20H2,1-3H3;8-11,17-18,32H,3-7,12-16,19-20H2,1-2H3;5,8-9,11-12,18-19,31H,3-4,6-7,10,13-17,20-21H2,1-2H3. The number of halogens is 5. The van der Waals surface area contributed by atoms with Gasteiger partial charge in [0.15, 0.2) is 0 Å². The summed E-state index contributed by atoms with van der Waals surface area (Å²) >= 11 is 0. The average Bonchev–Trinajstić information content (AvgIpc) is 1.65. The highest BCUT2D eigenvalue weighted by Gasteiger charge is 2.28. The lowest BCUT2D eigenvalue weighted by Crippen LogP contribution is -2.35. The first-order valence-electron chi connectivity index (χ1n) is 41.1. The van der Waals surface area contributed by atoms with Crippen LogP contribution in [0.25, 0.3) is 33.1 Å². The summed E-state index contributed by atoms with van der Waals surface area (Å²) in [5.74, 6) is -1.22. The second kappa shape index (κ2) is 43.0. The Labute approximate surface area is 667 Å². The Morgan fingerprint density at radius 3 is 1.12 bits per heavy atom. The van der Waals surface area contributed by atoms with Gasteiger partial charge in [-0.2, -0.15) is 0 Å². The van der Waals surface area contributed by atoms with Crippen LogP contribution in [0.4, 0.5) is 22.0 Å². The normalized spacial score (nSPS) is 13.6. The number of benzene rings is 6. The predicted octanol–water partition coefficient (Wildman–Crippen LogP) is 14.7. The Bertz CT molecular complexity index is 4730. The topological polar surface area (TPSA) is 211 Å². The average molecular weight is 1570 g/mol. The highest BCUT2D eigenvalue weighted by atomic mass is 19.1. The summed E-state index contributed by atoms with van der Waals surface area (Å²) in [6.45, 7) is 28.3. The Morgan fingerprint density at radius 1 is 0.421 bits per heavy atom. The zero-order chi connectivity index (χ0) is 81.2. The quantitative estimate of drug-likeness (QED) is 0.0243.